The molecule has 70 valence electrons. The van der Waals surface area contributed by atoms with Gasteiger partial charge in [0.2, 0.25) is 0 Å². The maximum Gasteiger partial charge on any atom is 0.297 e. The molecule has 0 heterocycles. The number of para-hydroxylation sites is 1. The molecule has 0 aliphatic heterocycles. The Labute approximate surface area is 78.0 Å². The third-order valence-corrected chi connectivity index (χ3v) is 1.21. The highest BCUT2D eigenvalue weighted by Gasteiger charge is 1.77. The van der Waals surface area contributed by atoms with Crippen molar-refractivity contribution in [1.29, 1.82) is 0 Å². The van der Waals surface area contributed by atoms with Gasteiger partial charge in [0.1, 0.15) is 0 Å². The van der Waals surface area contributed by atoms with Gasteiger partial charge in [-0.2, -0.15) is 0 Å². The van der Waals surface area contributed by atoms with Crippen molar-refractivity contribution >= 4 is 12.2 Å². The van der Waals surface area contributed by atoms with E-state index in [9.17, 15) is 0 Å². The largest absolute Gasteiger partial charge is 0.437 e. The summed E-state index contributed by atoms with van der Waals surface area (Å²) in [5.41, 5.74) is 1.16. The number of benzene rings is 1. The second-order valence-electron chi connectivity index (χ2n) is 2.01. The minimum atomic E-state index is 0.312. The number of hydrogen-bond donors (Lipinski definition) is 1. The fraction of sp³-hybridized carbons (Fsp3) is 0.100. The molecule has 0 aliphatic carbocycles. The third-order valence-electron chi connectivity index (χ3n) is 1.21. The Morgan fingerprint density at radius 2 is 2.00 bits per heavy atom. The van der Waals surface area contributed by atoms with Gasteiger partial charge in [0.15, 0.2) is 0 Å². The Bertz CT molecular complexity index is 228. The van der Waals surface area contributed by atoms with Gasteiger partial charge in [-0.15, -0.1) is 0 Å². The summed E-state index contributed by atoms with van der Waals surface area (Å²) in [7, 11) is 1.91. The molecule has 0 saturated heterocycles. The lowest BCUT2D eigenvalue weighted by atomic mass is 10.3. The Hall–Kier alpha value is -1.77. The van der Waals surface area contributed by atoms with Crippen LogP contribution in [0.5, 0.6) is 0 Å². The first-order valence-electron chi connectivity index (χ1n) is 3.78. The van der Waals surface area contributed by atoms with E-state index in [1.807, 2.05) is 37.4 Å². The Morgan fingerprint density at radius 3 is 2.23 bits per heavy atom. The zero-order valence-electron chi connectivity index (χ0n) is 7.57. The van der Waals surface area contributed by atoms with E-state index in [0.29, 0.717) is 6.47 Å². The molecule has 1 rings (SSSR count). The fourth-order valence-electron chi connectivity index (χ4n) is 0.644. The first-order chi connectivity index (χ1) is 6.35. The highest BCUT2D eigenvalue weighted by Crippen LogP contribution is 2.01. The standard InChI is InChI=1S/C7H9N.C3H4O2/c1-8-7-5-3-2-4-6-7;1-2-5-3-4/h2-6,8H,1H3;2-3H,1H2. The van der Waals surface area contributed by atoms with Crippen molar-refractivity contribution in [1.82, 2.24) is 0 Å². The van der Waals surface area contributed by atoms with E-state index in [-0.39, 0.29) is 0 Å². The van der Waals surface area contributed by atoms with Crippen LogP contribution >= 0.6 is 0 Å². The van der Waals surface area contributed by atoms with Crippen LogP contribution in [0.2, 0.25) is 0 Å². The number of rotatable bonds is 3. The molecule has 1 N–H and O–H groups in total. The molecular weight excluding hydrogens is 166 g/mol. The van der Waals surface area contributed by atoms with Gasteiger partial charge in [-0.1, -0.05) is 24.8 Å². The van der Waals surface area contributed by atoms with E-state index in [2.05, 4.69) is 16.6 Å². The van der Waals surface area contributed by atoms with Crippen molar-refractivity contribution in [3.05, 3.63) is 43.2 Å². The number of carbonyl (C=O) groups is 1. The molecule has 0 unspecified atom stereocenters. The topological polar surface area (TPSA) is 38.3 Å². The maximum absolute atomic E-state index is 9.11. The molecule has 0 aromatic heterocycles. The highest BCUT2D eigenvalue weighted by atomic mass is 16.5. The van der Waals surface area contributed by atoms with E-state index in [0.717, 1.165) is 11.9 Å². The molecule has 13 heavy (non-hydrogen) atoms. The predicted molar refractivity (Wildman–Crippen MR) is 53.3 cm³/mol. The molecule has 3 heteroatoms. The van der Waals surface area contributed by atoms with Gasteiger partial charge in [0.05, 0.1) is 6.26 Å². The van der Waals surface area contributed by atoms with Crippen molar-refractivity contribution in [3.63, 3.8) is 0 Å². The zero-order chi connectivity index (χ0) is 9.94. The Balaban J connectivity index is 0.000000252. The lowest BCUT2D eigenvalue weighted by Gasteiger charge is -1.94. The highest BCUT2D eigenvalue weighted by molar-refractivity contribution is 5.41. The molecule has 1 aromatic rings. The van der Waals surface area contributed by atoms with Crippen LogP contribution in [0.3, 0.4) is 0 Å². The second-order valence-corrected chi connectivity index (χ2v) is 2.01. The van der Waals surface area contributed by atoms with Crippen molar-refractivity contribution in [2.24, 2.45) is 0 Å². The van der Waals surface area contributed by atoms with Gasteiger partial charge >= 0.3 is 0 Å². The summed E-state index contributed by atoms with van der Waals surface area (Å²) in [5, 5.41) is 3.03. The van der Waals surface area contributed by atoms with E-state index < -0.39 is 0 Å². The number of nitrogens with one attached hydrogen (secondary N) is 1. The monoisotopic (exact) mass is 179 g/mol. The Morgan fingerprint density at radius 1 is 1.38 bits per heavy atom. The van der Waals surface area contributed by atoms with Gasteiger partial charge in [-0.3, -0.25) is 4.79 Å². The summed E-state index contributed by atoms with van der Waals surface area (Å²) in [5.74, 6) is 0. The second kappa shape index (κ2) is 8.33. The summed E-state index contributed by atoms with van der Waals surface area (Å²) < 4.78 is 3.92. The molecule has 0 saturated carbocycles. The lowest BCUT2D eigenvalue weighted by Crippen LogP contribution is -1.84. The normalized spacial score (nSPS) is 7.46. The van der Waals surface area contributed by atoms with Gasteiger partial charge in [0.25, 0.3) is 6.47 Å². The molecule has 0 aliphatic rings. The molecule has 0 fully saturated rings. The predicted octanol–water partition coefficient (Wildman–Crippen LogP) is 2.03. The molecule has 0 spiro atoms. The number of hydrogen-bond acceptors (Lipinski definition) is 3. The van der Waals surface area contributed by atoms with E-state index in [4.69, 9.17) is 4.79 Å². The summed E-state index contributed by atoms with van der Waals surface area (Å²) >= 11 is 0. The van der Waals surface area contributed by atoms with Crippen molar-refractivity contribution in [2.75, 3.05) is 12.4 Å². The number of ether oxygens (including phenoxy) is 1. The van der Waals surface area contributed by atoms with Crippen LogP contribution in [0.15, 0.2) is 43.2 Å². The van der Waals surface area contributed by atoms with Crippen LogP contribution < -0.4 is 5.32 Å². The van der Waals surface area contributed by atoms with Gasteiger partial charge in [-0.25, -0.2) is 0 Å². The molecule has 0 bridgehead atoms. The average molecular weight is 179 g/mol. The summed E-state index contributed by atoms with van der Waals surface area (Å²) in [6.07, 6.45) is 1.06. The molecule has 0 amide bonds. The van der Waals surface area contributed by atoms with Crippen LogP contribution in [0, 0.1) is 0 Å². The van der Waals surface area contributed by atoms with E-state index in [1.165, 1.54) is 0 Å². The number of carbonyl (C=O) groups excluding carboxylic acids is 1. The SMILES string of the molecule is C=COC=O.CNc1ccccc1. The molecule has 3 nitrogen and oxygen atoms in total. The Kier molecular flexibility index (Phi) is 7.19. The molecule has 1 aromatic carbocycles. The molecule has 0 radical (unpaired) electrons. The van der Waals surface area contributed by atoms with Crippen LogP contribution in [0.4, 0.5) is 5.69 Å². The lowest BCUT2D eigenvalue weighted by molar-refractivity contribution is -0.123. The quantitative estimate of drug-likeness (QED) is 0.570. The molecular formula is C10H13NO2. The minimum absolute atomic E-state index is 0.312. The minimum Gasteiger partial charge on any atom is -0.437 e. The summed E-state index contributed by atoms with van der Waals surface area (Å²) in [4.78, 5) is 9.11. The smallest absolute Gasteiger partial charge is 0.297 e. The van der Waals surface area contributed by atoms with Gasteiger partial charge < -0.3 is 10.1 Å². The van der Waals surface area contributed by atoms with Gasteiger partial charge in [-0.05, 0) is 12.1 Å². The fourth-order valence-corrected chi connectivity index (χ4v) is 0.644. The number of anilines is 1. The average Bonchev–Trinajstić information content (AvgIpc) is 2.21. The maximum atomic E-state index is 9.11. The molecule has 0 atom stereocenters. The van der Waals surface area contributed by atoms with Crippen molar-refractivity contribution in [2.45, 2.75) is 0 Å². The summed E-state index contributed by atoms with van der Waals surface area (Å²) in [6, 6.07) is 10.1. The van der Waals surface area contributed by atoms with E-state index >= 15 is 0 Å². The third kappa shape index (κ3) is 6.62. The van der Waals surface area contributed by atoms with Crippen molar-refractivity contribution in [3.8, 4) is 0 Å². The zero-order valence-corrected chi connectivity index (χ0v) is 7.57. The van der Waals surface area contributed by atoms with Crippen LogP contribution in [0.25, 0.3) is 0 Å². The summed E-state index contributed by atoms with van der Waals surface area (Å²) in [6.45, 7) is 3.41. The first-order valence-corrected chi connectivity index (χ1v) is 3.78. The van der Waals surface area contributed by atoms with Crippen LogP contribution in [-0.2, 0) is 9.53 Å². The van der Waals surface area contributed by atoms with E-state index in [1.54, 1.807) is 0 Å². The van der Waals surface area contributed by atoms with Crippen LogP contribution in [0.1, 0.15) is 0 Å². The van der Waals surface area contributed by atoms with Crippen LogP contribution in [-0.4, -0.2) is 13.5 Å². The van der Waals surface area contributed by atoms with Gasteiger partial charge in [0, 0.05) is 12.7 Å². The first kappa shape index (κ1) is 11.2. The van der Waals surface area contributed by atoms with Crippen molar-refractivity contribution < 1.29 is 9.53 Å².